The molecule has 1 unspecified atom stereocenters. The average molecular weight is 452 g/mol. The molecule has 1 aromatic heterocycles. The average Bonchev–Trinajstić information content (AvgIpc) is 3.11. The molecule has 33 heavy (non-hydrogen) atoms. The molecule has 0 bridgehead atoms. The number of hydrogen-bond donors (Lipinski definition) is 0. The number of benzene rings is 2. The van der Waals surface area contributed by atoms with Crippen molar-refractivity contribution in [2.24, 2.45) is 0 Å². The van der Waals surface area contributed by atoms with Crippen LogP contribution in [-0.2, 0) is 4.74 Å². The minimum atomic E-state index is -0.641. The molecule has 2 aliphatic heterocycles. The quantitative estimate of drug-likeness (QED) is 0.572. The summed E-state index contributed by atoms with van der Waals surface area (Å²) in [6.07, 6.45) is 0. The molecular weight excluding hydrogens is 427 g/mol. The van der Waals surface area contributed by atoms with Crippen LogP contribution in [0.25, 0.3) is 11.0 Å². The molecule has 5 rings (SSSR count). The molecule has 0 aliphatic carbocycles. The summed E-state index contributed by atoms with van der Waals surface area (Å²) in [6, 6.07) is 10.5. The third-order valence-corrected chi connectivity index (χ3v) is 6.17. The number of halogens is 1. The van der Waals surface area contributed by atoms with Gasteiger partial charge in [-0.2, -0.15) is 0 Å². The zero-order valence-corrected chi connectivity index (χ0v) is 18.4. The Labute approximate surface area is 190 Å². The summed E-state index contributed by atoms with van der Waals surface area (Å²) in [4.78, 5) is 30.9. The van der Waals surface area contributed by atoms with Crippen LogP contribution in [0.5, 0.6) is 5.75 Å². The summed E-state index contributed by atoms with van der Waals surface area (Å²) in [6.45, 7) is 6.35. The van der Waals surface area contributed by atoms with E-state index in [0.717, 1.165) is 24.7 Å². The van der Waals surface area contributed by atoms with E-state index in [2.05, 4.69) is 4.90 Å². The van der Waals surface area contributed by atoms with Crippen LogP contribution in [0, 0.1) is 5.82 Å². The Morgan fingerprint density at radius 2 is 1.91 bits per heavy atom. The Hall–Kier alpha value is -3.23. The summed E-state index contributed by atoms with van der Waals surface area (Å²) >= 11 is 0. The monoisotopic (exact) mass is 452 g/mol. The number of hydrogen-bond acceptors (Lipinski definition) is 6. The van der Waals surface area contributed by atoms with Crippen molar-refractivity contribution < 1.29 is 23.1 Å². The van der Waals surface area contributed by atoms with E-state index in [4.69, 9.17) is 13.9 Å². The van der Waals surface area contributed by atoms with Gasteiger partial charge in [0.1, 0.15) is 17.1 Å². The second kappa shape index (κ2) is 8.96. The Bertz CT molecular complexity index is 1250. The molecule has 1 atom stereocenters. The summed E-state index contributed by atoms with van der Waals surface area (Å²) in [5.74, 6) is -0.195. The highest BCUT2D eigenvalue weighted by Crippen LogP contribution is 2.39. The van der Waals surface area contributed by atoms with Crippen molar-refractivity contribution in [2.75, 3.05) is 46.0 Å². The number of carbonyl (C=O) groups excluding carboxylic acids is 1. The van der Waals surface area contributed by atoms with E-state index in [1.54, 1.807) is 4.90 Å². The molecule has 8 heteroatoms. The van der Waals surface area contributed by atoms with E-state index < -0.39 is 11.9 Å². The maximum absolute atomic E-state index is 13.9. The second-order valence-electron chi connectivity index (χ2n) is 8.18. The molecule has 1 saturated heterocycles. The van der Waals surface area contributed by atoms with Crippen molar-refractivity contribution in [3.8, 4) is 5.75 Å². The highest BCUT2D eigenvalue weighted by molar-refractivity contribution is 5.99. The van der Waals surface area contributed by atoms with Gasteiger partial charge in [-0.1, -0.05) is 12.1 Å². The molecule has 7 nitrogen and oxygen atoms in total. The first-order valence-corrected chi connectivity index (χ1v) is 11.2. The van der Waals surface area contributed by atoms with Crippen LogP contribution in [0.1, 0.15) is 34.6 Å². The number of morpholine rings is 1. The molecule has 0 saturated carbocycles. The van der Waals surface area contributed by atoms with E-state index >= 15 is 0 Å². The standard InChI is InChI=1S/C25H25FN2O5/c1-2-32-18-5-3-4-16(14-18)22-21-23(29)19-15-17(26)6-7-20(19)33-24(21)25(30)28(22)9-8-27-10-12-31-13-11-27/h3-7,14-15,22H,2,8-13H2,1H3. The number of fused-ring (bicyclic) bond motifs is 2. The van der Waals surface area contributed by atoms with Crippen LogP contribution >= 0.6 is 0 Å². The summed E-state index contributed by atoms with van der Waals surface area (Å²) in [7, 11) is 0. The molecule has 1 amide bonds. The first-order valence-electron chi connectivity index (χ1n) is 11.2. The van der Waals surface area contributed by atoms with Crippen LogP contribution in [0.4, 0.5) is 4.39 Å². The van der Waals surface area contributed by atoms with Crippen molar-refractivity contribution in [3.05, 3.63) is 75.4 Å². The van der Waals surface area contributed by atoms with Gasteiger partial charge in [0.25, 0.3) is 5.91 Å². The first-order chi connectivity index (χ1) is 16.1. The van der Waals surface area contributed by atoms with E-state index in [1.165, 1.54) is 12.1 Å². The summed E-state index contributed by atoms with van der Waals surface area (Å²) in [5, 5.41) is 0.127. The van der Waals surface area contributed by atoms with Crippen LogP contribution in [0.2, 0.25) is 0 Å². The zero-order valence-electron chi connectivity index (χ0n) is 18.4. The van der Waals surface area contributed by atoms with Crippen LogP contribution in [0.3, 0.4) is 0 Å². The van der Waals surface area contributed by atoms with Gasteiger partial charge >= 0.3 is 0 Å². The number of rotatable bonds is 6. The van der Waals surface area contributed by atoms with E-state index in [0.29, 0.717) is 38.7 Å². The largest absolute Gasteiger partial charge is 0.494 e. The van der Waals surface area contributed by atoms with Gasteiger partial charge in [-0.05, 0) is 42.8 Å². The fraction of sp³-hybridized carbons (Fsp3) is 0.360. The van der Waals surface area contributed by atoms with Gasteiger partial charge in [0.05, 0.1) is 36.8 Å². The molecule has 3 aromatic rings. The van der Waals surface area contributed by atoms with Gasteiger partial charge in [-0.3, -0.25) is 14.5 Å². The Kier molecular flexibility index (Phi) is 5.86. The van der Waals surface area contributed by atoms with Gasteiger partial charge < -0.3 is 18.8 Å². The summed E-state index contributed by atoms with van der Waals surface area (Å²) < 4.78 is 30.9. The van der Waals surface area contributed by atoms with E-state index in [9.17, 15) is 14.0 Å². The topological polar surface area (TPSA) is 72.2 Å². The number of ether oxygens (including phenoxy) is 2. The van der Waals surface area contributed by atoms with Crippen molar-refractivity contribution in [3.63, 3.8) is 0 Å². The normalized spacial score (nSPS) is 18.7. The molecule has 2 aromatic carbocycles. The second-order valence-corrected chi connectivity index (χ2v) is 8.18. The predicted molar refractivity (Wildman–Crippen MR) is 120 cm³/mol. The van der Waals surface area contributed by atoms with E-state index in [1.807, 2.05) is 31.2 Å². The minimum absolute atomic E-state index is 0.0212. The van der Waals surface area contributed by atoms with Gasteiger partial charge in [0, 0.05) is 26.2 Å². The number of amides is 1. The third kappa shape index (κ3) is 4.00. The molecule has 3 heterocycles. The highest BCUT2D eigenvalue weighted by Gasteiger charge is 2.42. The Balaban J connectivity index is 1.60. The molecule has 1 fully saturated rings. The van der Waals surface area contributed by atoms with Crippen LogP contribution < -0.4 is 10.2 Å². The lowest BCUT2D eigenvalue weighted by atomic mass is 9.98. The Morgan fingerprint density at radius 3 is 2.70 bits per heavy atom. The Morgan fingerprint density at radius 1 is 1.09 bits per heavy atom. The van der Waals surface area contributed by atoms with Gasteiger partial charge in [-0.25, -0.2) is 4.39 Å². The van der Waals surface area contributed by atoms with Gasteiger partial charge in [-0.15, -0.1) is 0 Å². The van der Waals surface area contributed by atoms with Crippen molar-refractivity contribution in [2.45, 2.75) is 13.0 Å². The zero-order chi connectivity index (χ0) is 22.9. The SMILES string of the molecule is CCOc1cccc(C2c3c(oc4ccc(F)cc4c3=O)C(=O)N2CCN2CCOCC2)c1. The fourth-order valence-corrected chi connectivity index (χ4v) is 4.58. The maximum Gasteiger partial charge on any atom is 0.290 e. The fourth-order valence-electron chi connectivity index (χ4n) is 4.58. The van der Waals surface area contributed by atoms with Gasteiger partial charge in [0.15, 0.2) is 5.43 Å². The first kappa shape index (κ1) is 21.6. The van der Waals surface area contributed by atoms with Crippen molar-refractivity contribution >= 4 is 16.9 Å². The van der Waals surface area contributed by atoms with Crippen LogP contribution in [0.15, 0.2) is 51.7 Å². The lowest BCUT2D eigenvalue weighted by molar-refractivity contribution is 0.0314. The molecule has 0 N–H and O–H groups in total. The maximum atomic E-state index is 13.9. The smallest absolute Gasteiger partial charge is 0.290 e. The molecule has 2 aliphatic rings. The van der Waals surface area contributed by atoms with Crippen molar-refractivity contribution in [1.29, 1.82) is 0 Å². The molecular formula is C25H25FN2O5. The molecule has 0 spiro atoms. The lowest BCUT2D eigenvalue weighted by Crippen LogP contribution is -2.42. The number of carbonyl (C=O) groups is 1. The summed E-state index contributed by atoms with van der Waals surface area (Å²) in [5.41, 5.74) is 0.803. The number of nitrogens with zero attached hydrogens (tertiary/aromatic N) is 2. The van der Waals surface area contributed by atoms with Crippen molar-refractivity contribution in [1.82, 2.24) is 9.80 Å². The van der Waals surface area contributed by atoms with Gasteiger partial charge in [0.2, 0.25) is 5.76 Å². The van der Waals surface area contributed by atoms with Crippen LogP contribution in [-0.4, -0.2) is 61.7 Å². The minimum Gasteiger partial charge on any atom is -0.494 e. The molecule has 172 valence electrons. The third-order valence-electron chi connectivity index (χ3n) is 6.17. The predicted octanol–water partition coefficient (Wildman–Crippen LogP) is 3.21. The van der Waals surface area contributed by atoms with E-state index in [-0.39, 0.29) is 33.6 Å². The lowest BCUT2D eigenvalue weighted by Gasteiger charge is -2.31. The highest BCUT2D eigenvalue weighted by atomic mass is 19.1. The molecule has 0 radical (unpaired) electrons.